The molecular formula is C20H28N2O2. The Labute approximate surface area is 144 Å². The summed E-state index contributed by atoms with van der Waals surface area (Å²) in [6.07, 6.45) is 8.25. The molecule has 0 unspecified atom stereocenters. The number of carbonyl (C=O) groups is 2. The fourth-order valence-corrected chi connectivity index (χ4v) is 3.67. The second-order valence-electron chi connectivity index (χ2n) is 7.46. The van der Waals surface area contributed by atoms with E-state index in [9.17, 15) is 9.59 Å². The summed E-state index contributed by atoms with van der Waals surface area (Å²) in [4.78, 5) is 25.5. The minimum absolute atomic E-state index is 0.0712. The number of aryl methyl sites for hydroxylation is 2. The molecule has 2 aliphatic carbocycles. The Hall–Kier alpha value is -1.84. The van der Waals surface area contributed by atoms with Gasteiger partial charge in [-0.2, -0.15) is 0 Å². The van der Waals surface area contributed by atoms with Crippen LogP contribution in [0.2, 0.25) is 0 Å². The number of hydrogen-bond donors (Lipinski definition) is 2. The fraction of sp³-hybridized carbons (Fsp3) is 0.600. The smallest absolute Gasteiger partial charge is 0.240 e. The Balaban J connectivity index is 1.66. The lowest BCUT2D eigenvalue weighted by atomic mass is 10.0. The monoisotopic (exact) mass is 328 g/mol. The van der Waals surface area contributed by atoms with Crippen LogP contribution in [0.1, 0.15) is 62.5 Å². The molecule has 1 aromatic carbocycles. The zero-order valence-electron chi connectivity index (χ0n) is 14.8. The zero-order valence-corrected chi connectivity index (χ0v) is 14.8. The van der Waals surface area contributed by atoms with E-state index in [2.05, 4.69) is 10.6 Å². The van der Waals surface area contributed by atoms with E-state index in [0.717, 1.165) is 29.7 Å². The molecular weight excluding hydrogens is 300 g/mol. The lowest BCUT2D eigenvalue weighted by Crippen LogP contribution is -2.44. The summed E-state index contributed by atoms with van der Waals surface area (Å²) in [5.41, 5.74) is 2.06. The van der Waals surface area contributed by atoms with Crippen molar-refractivity contribution in [1.29, 1.82) is 0 Å². The Morgan fingerprint density at radius 2 is 1.54 bits per heavy atom. The van der Waals surface area contributed by atoms with E-state index >= 15 is 0 Å². The van der Waals surface area contributed by atoms with Crippen molar-refractivity contribution >= 4 is 17.5 Å². The molecule has 2 amide bonds. The van der Waals surface area contributed by atoms with Crippen LogP contribution in [-0.2, 0) is 9.59 Å². The van der Waals surface area contributed by atoms with E-state index in [1.165, 1.54) is 25.7 Å². The molecule has 2 N–H and O–H groups in total. The van der Waals surface area contributed by atoms with Crippen LogP contribution in [0.25, 0.3) is 0 Å². The zero-order chi connectivity index (χ0) is 17.2. The molecule has 0 aromatic heterocycles. The SMILES string of the molecule is Cc1cccc(C)c1NC(=O)C1(C(=O)NC2CCCCCC2)CC1. The van der Waals surface area contributed by atoms with Crippen molar-refractivity contribution in [2.45, 2.75) is 71.3 Å². The van der Waals surface area contributed by atoms with Gasteiger partial charge >= 0.3 is 0 Å². The first-order chi connectivity index (χ1) is 11.5. The summed E-state index contributed by atoms with van der Waals surface area (Å²) >= 11 is 0. The summed E-state index contributed by atoms with van der Waals surface area (Å²) in [7, 11) is 0. The Kier molecular flexibility index (Phi) is 4.93. The third kappa shape index (κ3) is 3.47. The highest BCUT2D eigenvalue weighted by Crippen LogP contribution is 2.47. The Morgan fingerprint density at radius 3 is 2.08 bits per heavy atom. The second kappa shape index (κ2) is 6.96. The van der Waals surface area contributed by atoms with Crippen LogP contribution in [0.5, 0.6) is 0 Å². The fourth-order valence-electron chi connectivity index (χ4n) is 3.67. The highest BCUT2D eigenvalue weighted by molar-refractivity contribution is 6.13. The molecule has 0 aliphatic heterocycles. The Morgan fingerprint density at radius 1 is 0.958 bits per heavy atom. The van der Waals surface area contributed by atoms with Crippen LogP contribution in [-0.4, -0.2) is 17.9 Å². The van der Waals surface area contributed by atoms with Gasteiger partial charge in [0.15, 0.2) is 0 Å². The van der Waals surface area contributed by atoms with Crippen molar-refractivity contribution in [3.8, 4) is 0 Å². The van der Waals surface area contributed by atoms with Gasteiger partial charge in [-0.15, -0.1) is 0 Å². The molecule has 2 fully saturated rings. The van der Waals surface area contributed by atoms with Gasteiger partial charge in [0, 0.05) is 11.7 Å². The maximum atomic E-state index is 12.8. The second-order valence-corrected chi connectivity index (χ2v) is 7.46. The molecule has 1 aromatic rings. The van der Waals surface area contributed by atoms with Crippen LogP contribution in [0.15, 0.2) is 18.2 Å². The normalized spacial score (nSPS) is 20.1. The first kappa shape index (κ1) is 17.0. The molecule has 4 nitrogen and oxygen atoms in total. The first-order valence-corrected chi connectivity index (χ1v) is 9.21. The van der Waals surface area contributed by atoms with Crippen LogP contribution in [0.3, 0.4) is 0 Å². The van der Waals surface area contributed by atoms with Gasteiger partial charge in [0.2, 0.25) is 11.8 Å². The summed E-state index contributed by atoms with van der Waals surface area (Å²) < 4.78 is 0. The van der Waals surface area contributed by atoms with Gasteiger partial charge in [-0.25, -0.2) is 0 Å². The molecule has 2 saturated carbocycles. The van der Waals surface area contributed by atoms with Crippen molar-refractivity contribution in [1.82, 2.24) is 5.32 Å². The summed E-state index contributed by atoms with van der Waals surface area (Å²) in [6, 6.07) is 6.18. The van der Waals surface area contributed by atoms with Crippen LogP contribution < -0.4 is 10.6 Å². The molecule has 4 heteroatoms. The largest absolute Gasteiger partial charge is 0.352 e. The van der Waals surface area contributed by atoms with Gasteiger partial charge in [-0.3, -0.25) is 9.59 Å². The van der Waals surface area contributed by atoms with Crippen molar-refractivity contribution in [2.75, 3.05) is 5.32 Å². The van der Waals surface area contributed by atoms with Gasteiger partial charge in [0.1, 0.15) is 5.41 Å². The number of amides is 2. The number of para-hydroxylation sites is 1. The van der Waals surface area contributed by atoms with Crippen molar-refractivity contribution in [2.24, 2.45) is 5.41 Å². The minimum atomic E-state index is -0.846. The number of rotatable bonds is 4. The maximum Gasteiger partial charge on any atom is 0.240 e. The van der Waals surface area contributed by atoms with Gasteiger partial charge in [-0.05, 0) is 50.7 Å². The molecule has 0 bridgehead atoms. The topological polar surface area (TPSA) is 58.2 Å². The highest BCUT2D eigenvalue weighted by Gasteiger charge is 2.56. The van der Waals surface area contributed by atoms with E-state index in [1.54, 1.807) is 0 Å². The third-order valence-corrected chi connectivity index (χ3v) is 5.53. The number of anilines is 1. The van der Waals surface area contributed by atoms with E-state index < -0.39 is 5.41 Å². The van der Waals surface area contributed by atoms with E-state index in [4.69, 9.17) is 0 Å². The molecule has 2 aliphatic rings. The molecule has 0 atom stereocenters. The van der Waals surface area contributed by atoms with Crippen molar-refractivity contribution < 1.29 is 9.59 Å². The molecule has 0 radical (unpaired) electrons. The maximum absolute atomic E-state index is 12.8. The van der Waals surface area contributed by atoms with Gasteiger partial charge in [0.25, 0.3) is 0 Å². The number of benzene rings is 1. The van der Waals surface area contributed by atoms with Crippen LogP contribution in [0.4, 0.5) is 5.69 Å². The van der Waals surface area contributed by atoms with E-state index in [1.807, 2.05) is 32.0 Å². The number of carbonyl (C=O) groups excluding carboxylic acids is 2. The molecule has 0 heterocycles. The Bertz CT molecular complexity index is 606. The van der Waals surface area contributed by atoms with Crippen molar-refractivity contribution in [3.63, 3.8) is 0 Å². The molecule has 24 heavy (non-hydrogen) atoms. The van der Waals surface area contributed by atoms with Gasteiger partial charge < -0.3 is 10.6 Å². The standard InChI is InChI=1S/C20H28N2O2/c1-14-8-7-9-15(2)17(14)22-19(24)20(12-13-20)18(23)21-16-10-5-3-4-6-11-16/h7-9,16H,3-6,10-13H2,1-2H3,(H,21,23)(H,22,24). The molecule has 0 saturated heterocycles. The average Bonchev–Trinajstić information content (AvgIpc) is 3.36. The highest BCUT2D eigenvalue weighted by atomic mass is 16.2. The predicted molar refractivity (Wildman–Crippen MR) is 95.8 cm³/mol. The van der Waals surface area contributed by atoms with Crippen molar-refractivity contribution in [3.05, 3.63) is 29.3 Å². The van der Waals surface area contributed by atoms with Crippen LogP contribution in [0, 0.1) is 19.3 Å². The molecule has 0 spiro atoms. The molecule has 130 valence electrons. The predicted octanol–water partition coefficient (Wildman–Crippen LogP) is 3.86. The van der Waals surface area contributed by atoms with E-state index in [-0.39, 0.29) is 17.9 Å². The lowest BCUT2D eigenvalue weighted by Gasteiger charge is -2.22. The minimum Gasteiger partial charge on any atom is -0.352 e. The third-order valence-electron chi connectivity index (χ3n) is 5.53. The van der Waals surface area contributed by atoms with E-state index in [0.29, 0.717) is 12.8 Å². The number of hydrogen-bond acceptors (Lipinski definition) is 2. The molecule has 3 rings (SSSR count). The number of nitrogens with one attached hydrogen (secondary N) is 2. The lowest BCUT2D eigenvalue weighted by molar-refractivity contribution is -0.134. The summed E-state index contributed by atoms with van der Waals surface area (Å²) in [5, 5.41) is 6.17. The first-order valence-electron chi connectivity index (χ1n) is 9.21. The summed E-state index contributed by atoms with van der Waals surface area (Å²) in [6.45, 7) is 3.96. The quantitative estimate of drug-likeness (QED) is 0.651. The van der Waals surface area contributed by atoms with Gasteiger partial charge in [-0.1, -0.05) is 43.9 Å². The summed E-state index contributed by atoms with van der Waals surface area (Å²) in [5.74, 6) is -0.218. The van der Waals surface area contributed by atoms with Crippen LogP contribution >= 0.6 is 0 Å². The van der Waals surface area contributed by atoms with Gasteiger partial charge in [0.05, 0.1) is 0 Å². The average molecular weight is 328 g/mol.